The normalized spacial score (nSPS) is 14.1. The summed E-state index contributed by atoms with van der Waals surface area (Å²) in [5.41, 5.74) is 10.8. The Bertz CT molecular complexity index is 188. The highest BCUT2D eigenvalue weighted by molar-refractivity contribution is 5.73. The SMILES string of the molecule is C=N/C=C(\N)CC(N)C(=O)O. The van der Waals surface area contributed by atoms with Gasteiger partial charge in [-0.3, -0.25) is 9.79 Å². The third-order valence-corrected chi connectivity index (χ3v) is 1.03. The number of carboxylic acids is 1. The second kappa shape index (κ2) is 4.45. The first-order chi connectivity index (χ1) is 5.07. The van der Waals surface area contributed by atoms with Crippen LogP contribution in [0, 0.1) is 0 Å². The smallest absolute Gasteiger partial charge is 0.320 e. The maximum absolute atomic E-state index is 10.2. The van der Waals surface area contributed by atoms with E-state index in [1.807, 2.05) is 0 Å². The van der Waals surface area contributed by atoms with Crippen molar-refractivity contribution in [2.24, 2.45) is 16.5 Å². The average Bonchev–Trinajstić information content (AvgIpc) is 1.87. The van der Waals surface area contributed by atoms with E-state index in [9.17, 15) is 4.79 Å². The van der Waals surface area contributed by atoms with Crippen molar-refractivity contribution in [1.82, 2.24) is 0 Å². The van der Waals surface area contributed by atoms with Crippen LogP contribution < -0.4 is 11.5 Å². The zero-order valence-corrected chi connectivity index (χ0v) is 6.03. The quantitative estimate of drug-likeness (QED) is 0.469. The molecule has 0 bridgehead atoms. The molecule has 0 amide bonds. The third kappa shape index (κ3) is 4.10. The van der Waals surface area contributed by atoms with Crippen molar-refractivity contribution in [3.63, 3.8) is 0 Å². The lowest BCUT2D eigenvalue weighted by Crippen LogP contribution is -2.31. The molecule has 0 aromatic rings. The van der Waals surface area contributed by atoms with Gasteiger partial charge in [0.05, 0.1) is 0 Å². The first-order valence-electron chi connectivity index (χ1n) is 2.96. The highest BCUT2D eigenvalue weighted by Crippen LogP contribution is 1.96. The lowest BCUT2D eigenvalue weighted by atomic mass is 10.2. The standard InChI is InChI=1S/C6H11N3O2/c1-9-3-4(7)2-5(8)6(10)11/h3,5H,1-2,7-8H2,(H,10,11)/b4-3-. The highest BCUT2D eigenvalue weighted by atomic mass is 16.4. The first-order valence-corrected chi connectivity index (χ1v) is 2.96. The molecule has 0 rings (SSSR count). The summed E-state index contributed by atoms with van der Waals surface area (Å²) in [5.74, 6) is -1.08. The summed E-state index contributed by atoms with van der Waals surface area (Å²) < 4.78 is 0. The predicted molar refractivity (Wildman–Crippen MR) is 42.0 cm³/mol. The van der Waals surface area contributed by atoms with Crippen LogP contribution in [0.2, 0.25) is 0 Å². The molecule has 0 radical (unpaired) electrons. The van der Waals surface area contributed by atoms with Gasteiger partial charge in [0.1, 0.15) is 6.04 Å². The van der Waals surface area contributed by atoms with Gasteiger partial charge < -0.3 is 16.6 Å². The molecule has 0 saturated heterocycles. The second-order valence-corrected chi connectivity index (χ2v) is 2.04. The Balaban J connectivity index is 3.94. The van der Waals surface area contributed by atoms with Crippen LogP contribution in [0.1, 0.15) is 6.42 Å². The van der Waals surface area contributed by atoms with Crippen molar-refractivity contribution in [3.05, 3.63) is 11.9 Å². The first kappa shape index (κ1) is 9.64. The molecular formula is C6H11N3O2. The Labute approximate surface area is 64.4 Å². The monoisotopic (exact) mass is 157 g/mol. The molecule has 0 heterocycles. The van der Waals surface area contributed by atoms with Gasteiger partial charge in [-0.25, -0.2) is 0 Å². The van der Waals surface area contributed by atoms with Crippen LogP contribution in [0.15, 0.2) is 16.9 Å². The third-order valence-electron chi connectivity index (χ3n) is 1.03. The van der Waals surface area contributed by atoms with Gasteiger partial charge in [0.2, 0.25) is 0 Å². The van der Waals surface area contributed by atoms with Gasteiger partial charge >= 0.3 is 5.97 Å². The molecule has 5 nitrogen and oxygen atoms in total. The van der Waals surface area contributed by atoms with Gasteiger partial charge in [-0.15, -0.1) is 0 Å². The number of aliphatic carboxylic acids is 1. The maximum atomic E-state index is 10.2. The topological polar surface area (TPSA) is 102 Å². The fourth-order valence-corrected chi connectivity index (χ4v) is 0.511. The van der Waals surface area contributed by atoms with E-state index in [2.05, 4.69) is 11.7 Å². The van der Waals surface area contributed by atoms with Crippen molar-refractivity contribution in [2.75, 3.05) is 0 Å². The van der Waals surface area contributed by atoms with Crippen molar-refractivity contribution >= 4 is 12.7 Å². The van der Waals surface area contributed by atoms with E-state index < -0.39 is 12.0 Å². The van der Waals surface area contributed by atoms with Gasteiger partial charge in [-0.1, -0.05) is 0 Å². The van der Waals surface area contributed by atoms with Crippen molar-refractivity contribution in [3.8, 4) is 0 Å². The van der Waals surface area contributed by atoms with Crippen LogP contribution in [0.3, 0.4) is 0 Å². The molecule has 11 heavy (non-hydrogen) atoms. The molecule has 1 unspecified atom stereocenters. The van der Waals surface area contributed by atoms with E-state index in [1.54, 1.807) is 0 Å². The van der Waals surface area contributed by atoms with Gasteiger partial charge in [0.25, 0.3) is 0 Å². The molecule has 0 aromatic heterocycles. The van der Waals surface area contributed by atoms with Crippen LogP contribution >= 0.6 is 0 Å². The Morgan fingerprint density at radius 3 is 2.73 bits per heavy atom. The minimum atomic E-state index is -1.08. The summed E-state index contributed by atoms with van der Waals surface area (Å²) in [6, 6.07) is -0.965. The second-order valence-electron chi connectivity index (χ2n) is 2.04. The number of nitrogens with zero attached hydrogens (tertiary/aromatic N) is 1. The van der Waals surface area contributed by atoms with Gasteiger partial charge in [0, 0.05) is 18.3 Å². The molecular weight excluding hydrogens is 146 g/mol. The summed E-state index contributed by atoms with van der Waals surface area (Å²) in [6.07, 6.45) is 1.37. The van der Waals surface area contributed by atoms with Crippen LogP contribution in [0.5, 0.6) is 0 Å². The zero-order valence-electron chi connectivity index (χ0n) is 6.03. The molecule has 5 heteroatoms. The summed E-state index contributed by atoms with van der Waals surface area (Å²) in [6.45, 7) is 3.16. The van der Waals surface area contributed by atoms with Crippen molar-refractivity contribution in [2.45, 2.75) is 12.5 Å². The largest absolute Gasteiger partial charge is 0.480 e. The molecule has 0 fully saturated rings. The highest BCUT2D eigenvalue weighted by Gasteiger charge is 2.11. The number of hydrogen-bond donors (Lipinski definition) is 3. The van der Waals surface area contributed by atoms with E-state index in [-0.39, 0.29) is 6.42 Å². The van der Waals surface area contributed by atoms with Crippen LogP contribution in [-0.4, -0.2) is 23.8 Å². The van der Waals surface area contributed by atoms with Crippen LogP contribution in [0.4, 0.5) is 0 Å². The summed E-state index contributed by atoms with van der Waals surface area (Å²) in [4.78, 5) is 13.5. The Morgan fingerprint density at radius 2 is 2.36 bits per heavy atom. The van der Waals surface area contributed by atoms with E-state index in [1.165, 1.54) is 6.20 Å². The van der Waals surface area contributed by atoms with Crippen molar-refractivity contribution in [1.29, 1.82) is 0 Å². The number of rotatable bonds is 4. The molecule has 62 valence electrons. The van der Waals surface area contributed by atoms with Crippen molar-refractivity contribution < 1.29 is 9.90 Å². The molecule has 5 N–H and O–H groups in total. The number of carbonyl (C=O) groups is 1. The zero-order chi connectivity index (χ0) is 8.85. The molecule has 0 spiro atoms. The number of carboxylic acid groups (broad SMARTS) is 1. The number of nitrogens with two attached hydrogens (primary N) is 2. The fraction of sp³-hybridized carbons (Fsp3) is 0.333. The molecule has 0 saturated carbocycles. The Hall–Kier alpha value is -1.36. The molecule has 0 aliphatic rings. The average molecular weight is 157 g/mol. The van der Waals surface area contributed by atoms with E-state index in [0.717, 1.165) is 0 Å². The lowest BCUT2D eigenvalue weighted by molar-refractivity contribution is -0.138. The molecule has 1 atom stereocenters. The van der Waals surface area contributed by atoms with Crippen LogP contribution in [-0.2, 0) is 4.79 Å². The van der Waals surface area contributed by atoms with Gasteiger partial charge in [-0.2, -0.15) is 0 Å². The maximum Gasteiger partial charge on any atom is 0.320 e. The molecule has 0 aromatic carbocycles. The molecule has 0 aliphatic carbocycles. The van der Waals surface area contributed by atoms with Gasteiger partial charge in [-0.05, 0) is 6.72 Å². The van der Waals surface area contributed by atoms with E-state index in [0.29, 0.717) is 5.70 Å². The summed E-state index contributed by atoms with van der Waals surface area (Å²) in [5, 5.41) is 8.35. The summed E-state index contributed by atoms with van der Waals surface area (Å²) >= 11 is 0. The molecule has 0 aliphatic heterocycles. The van der Waals surface area contributed by atoms with E-state index in [4.69, 9.17) is 16.6 Å². The number of hydrogen-bond acceptors (Lipinski definition) is 4. The summed E-state index contributed by atoms with van der Waals surface area (Å²) in [7, 11) is 0. The fourth-order valence-electron chi connectivity index (χ4n) is 0.511. The minimum Gasteiger partial charge on any atom is -0.480 e. The minimum absolute atomic E-state index is 0.0916. The lowest BCUT2D eigenvalue weighted by Gasteiger charge is -2.04. The number of aliphatic imine (C=N–C) groups is 1. The van der Waals surface area contributed by atoms with E-state index >= 15 is 0 Å². The van der Waals surface area contributed by atoms with Gasteiger partial charge in [0.15, 0.2) is 0 Å². The van der Waals surface area contributed by atoms with Crippen LogP contribution in [0.25, 0.3) is 0 Å². The Kier molecular flexibility index (Phi) is 3.90. The Morgan fingerprint density at radius 1 is 1.82 bits per heavy atom. The predicted octanol–water partition coefficient (Wildman–Crippen LogP) is -0.711.